The lowest BCUT2D eigenvalue weighted by Crippen LogP contribution is -2.39. The Labute approximate surface area is 165 Å². The van der Waals surface area contributed by atoms with E-state index in [9.17, 15) is 9.18 Å². The third kappa shape index (κ3) is 4.55. The Morgan fingerprint density at radius 3 is 2.61 bits per heavy atom. The van der Waals surface area contributed by atoms with E-state index in [1.807, 2.05) is 12.1 Å². The number of ether oxygens (including phenoxy) is 1. The van der Waals surface area contributed by atoms with Crippen molar-refractivity contribution in [3.63, 3.8) is 0 Å². The zero-order valence-electron chi connectivity index (χ0n) is 16.2. The van der Waals surface area contributed by atoms with E-state index in [4.69, 9.17) is 4.74 Å². The topological polar surface area (TPSA) is 48.6 Å². The van der Waals surface area contributed by atoms with Crippen molar-refractivity contribution in [1.82, 2.24) is 4.98 Å². The number of H-pyrrole nitrogens is 1. The molecule has 0 amide bonds. The highest BCUT2D eigenvalue weighted by Crippen LogP contribution is 2.27. The first kappa shape index (κ1) is 19.0. The fourth-order valence-corrected chi connectivity index (χ4v) is 4.27. The van der Waals surface area contributed by atoms with Crippen molar-refractivity contribution in [3.05, 3.63) is 58.1 Å². The molecule has 5 nitrogen and oxygen atoms in total. The number of pyridine rings is 1. The highest BCUT2D eigenvalue weighted by molar-refractivity contribution is 5.56. The normalized spacial score (nSPS) is 20.8. The molecule has 6 heteroatoms. The molecule has 1 aromatic heterocycles. The van der Waals surface area contributed by atoms with E-state index < -0.39 is 0 Å². The minimum Gasteiger partial charge on any atom is -0.378 e. The van der Waals surface area contributed by atoms with Crippen molar-refractivity contribution in [3.8, 4) is 0 Å². The molecule has 0 radical (unpaired) electrons. The first-order valence-electron chi connectivity index (χ1n) is 10.3. The largest absolute Gasteiger partial charge is 0.378 e. The summed E-state index contributed by atoms with van der Waals surface area (Å²) in [5.74, 6) is 0.687. The number of benzene rings is 1. The second-order valence-corrected chi connectivity index (χ2v) is 7.71. The number of aromatic nitrogens is 1. The van der Waals surface area contributed by atoms with Gasteiger partial charge in [-0.25, -0.2) is 4.39 Å². The SMILES string of the molecule is O=c1cc(N2CCOCC2)cc(N2CCCCC[C@H]2Cc2ccc(F)cc2)[nH]1. The summed E-state index contributed by atoms with van der Waals surface area (Å²) in [4.78, 5) is 20.0. The van der Waals surface area contributed by atoms with Crippen molar-refractivity contribution in [2.75, 3.05) is 42.6 Å². The summed E-state index contributed by atoms with van der Waals surface area (Å²) in [7, 11) is 0. The van der Waals surface area contributed by atoms with Gasteiger partial charge in [0.15, 0.2) is 0 Å². The number of hydrogen-bond donors (Lipinski definition) is 1. The van der Waals surface area contributed by atoms with Crippen LogP contribution in [-0.4, -0.2) is 43.9 Å². The number of rotatable bonds is 4. The molecule has 0 bridgehead atoms. The maximum Gasteiger partial charge on any atom is 0.251 e. The van der Waals surface area contributed by atoms with Gasteiger partial charge in [-0.15, -0.1) is 0 Å². The molecule has 2 saturated heterocycles. The fraction of sp³-hybridized carbons (Fsp3) is 0.500. The quantitative estimate of drug-likeness (QED) is 0.877. The van der Waals surface area contributed by atoms with Crippen LogP contribution < -0.4 is 15.4 Å². The molecule has 1 N–H and O–H groups in total. The Morgan fingerprint density at radius 2 is 1.82 bits per heavy atom. The van der Waals surface area contributed by atoms with Crippen LogP contribution in [-0.2, 0) is 11.2 Å². The van der Waals surface area contributed by atoms with E-state index in [1.165, 1.54) is 25.0 Å². The van der Waals surface area contributed by atoms with Gasteiger partial charge in [0.1, 0.15) is 11.6 Å². The van der Waals surface area contributed by atoms with Crippen LogP contribution >= 0.6 is 0 Å². The summed E-state index contributed by atoms with van der Waals surface area (Å²) in [5, 5.41) is 0. The highest BCUT2D eigenvalue weighted by Gasteiger charge is 2.24. The van der Waals surface area contributed by atoms with Crippen molar-refractivity contribution >= 4 is 11.5 Å². The molecule has 150 valence electrons. The lowest BCUT2D eigenvalue weighted by atomic mass is 10.0. The average molecular weight is 385 g/mol. The molecular formula is C22H28FN3O2. The van der Waals surface area contributed by atoms with Gasteiger partial charge in [-0.05, 0) is 37.0 Å². The van der Waals surface area contributed by atoms with Gasteiger partial charge >= 0.3 is 0 Å². The van der Waals surface area contributed by atoms with E-state index in [1.54, 1.807) is 6.07 Å². The predicted octanol–water partition coefficient (Wildman–Crippen LogP) is 3.34. The van der Waals surface area contributed by atoms with Gasteiger partial charge in [-0.3, -0.25) is 4.79 Å². The van der Waals surface area contributed by atoms with E-state index in [-0.39, 0.29) is 11.4 Å². The number of morpholine rings is 1. The van der Waals surface area contributed by atoms with Gasteiger partial charge in [0.25, 0.3) is 5.56 Å². The van der Waals surface area contributed by atoms with Crippen LogP contribution in [0.4, 0.5) is 15.9 Å². The Bertz CT molecular complexity index is 830. The smallest absolute Gasteiger partial charge is 0.251 e. The average Bonchev–Trinajstić information content (AvgIpc) is 2.95. The molecule has 2 aromatic rings. The van der Waals surface area contributed by atoms with Crippen molar-refractivity contribution in [1.29, 1.82) is 0 Å². The Balaban J connectivity index is 1.61. The highest BCUT2D eigenvalue weighted by atomic mass is 19.1. The molecule has 2 aliphatic heterocycles. The molecule has 0 saturated carbocycles. The molecule has 0 unspecified atom stereocenters. The summed E-state index contributed by atoms with van der Waals surface area (Å²) in [6.07, 6.45) is 5.41. The summed E-state index contributed by atoms with van der Waals surface area (Å²) >= 11 is 0. The van der Waals surface area contributed by atoms with Gasteiger partial charge in [-0.1, -0.05) is 25.0 Å². The van der Waals surface area contributed by atoms with Crippen LogP contribution in [0.3, 0.4) is 0 Å². The van der Waals surface area contributed by atoms with E-state index in [0.29, 0.717) is 19.3 Å². The molecule has 0 aliphatic carbocycles. The summed E-state index contributed by atoms with van der Waals surface area (Å²) in [6.45, 7) is 3.93. The molecule has 1 aromatic carbocycles. The molecule has 2 fully saturated rings. The van der Waals surface area contributed by atoms with Crippen molar-refractivity contribution in [2.45, 2.75) is 38.1 Å². The van der Waals surface area contributed by atoms with Crippen molar-refractivity contribution in [2.24, 2.45) is 0 Å². The van der Waals surface area contributed by atoms with Gasteiger partial charge in [-0.2, -0.15) is 0 Å². The van der Waals surface area contributed by atoms with Crippen LogP contribution in [0.15, 0.2) is 41.2 Å². The second-order valence-electron chi connectivity index (χ2n) is 7.71. The van der Waals surface area contributed by atoms with Crippen LogP contribution in [0.25, 0.3) is 0 Å². The van der Waals surface area contributed by atoms with Crippen LogP contribution in [0, 0.1) is 5.82 Å². The summed E-state index contributed by atoms with van der Waals surface area (Å²) in [6, 6.07) is 10.9. The number of halogens is 1. The Hall–Kier alpha value is -2.34. The van der Waals surface area contributed by atoms with Gasteiger partial charge in [0, 0.05) is 43.5 Å². The third-order valence-corrected chi connectivity index (χ3v) is 5.76. The summed E-state index contributed by atoms with van der Waals surface area (Å²) in [5.41, 5.74) is 2.03. The minimum absolute atomic E-state index is 0.0660. The number of aromatic amines is 1. The predicted molar refractivity (Wildman–Crippen MR) is 110 cm³/mol. The number of nitrogens with one attached hydrogen (secondary N) is 1. The molecule has 0 spiro atoms. The standard InChI is InChI=1S/C22H28FN3O2/c23-18-7-5-17(6-8-18)14-19-4-2-1-3-9-26(19)21-15-20(16-22(27)24-21)25-10-12-28-13-11-25/h5-8,15-16,19H,1-4,9-14H2,(H,24,27)/t19-/m0/s1. The lowest BCUT2D eigenvalue weighted by Gasteiger charge is -2.34. The minimum atomic E-state index is -0.205. The first-order valence-corrected chi connectivity index (χ1v) is 10.3. The van der Waals surface area contributed by atoms with E-state index >= 15 is 0 Å². The van der Waals surface area contributed by atoms with Crippen LogP contribution in [0.1, 0.15) is 31.2 Å². The van der Waals surface area contributed by atoms with Gasteiger partial charge in [0.2, 0.25) is 0 Å². The lowest BCUT2D eigenvalue weighted by molar-refractivity contribution is 0.122. The Morgan fingerprint density at radius 1 is 1.04 bits per heavy atom. The van der Waals surface area contributed by atoms with E-state index in [2.05, 4.69) is 20.9 Å². The fourth-order valence-electron chi connectivity index (χ4n) is 4.27. The van der Waals surface area contributed by atoms with Gasteiger partial charge < -0.3 is 19.5 Å². The molecular weight excluding hydrogens is 357 g/mol. The Kier molecular flexibility index (Phi) is 5.95. The third-order valence-electron chi connectivity index (χ3n) is 5.76. The number of anilines is 2. The first-order chi connectivity index (χ1) is 13.7. The zero-order chi connectivity index (χ0) is 19.3. The maximum absolute atomic E-state index is 13.3. The monoisotopic (exact) mass is 385 g/mol. The molecule has 3 heterocycles. The molecule has 4 rings (SSSR count). The molecule has 2 aliphatic rings. The second kappa shape index (κ2) is 8.78. The van der Waals surface area contributed by atoms with Crippen molar-refractivity contribution < 1.29 is 9.13 Å². The van der Waals surface area contributed by atoms with E-state index in [0.717, 1.165) is 56.0 Å². The van der Waals surface area contributed by atoms with Crippen LogP contribution in [0.5, 0.6) is 0 Å². The summed E-state index contributed by atoms with van der Waals surface area (Å²) < 4.78 is 18.7. The maximum atomic E-state index is 13.3. The zero-order valence-corrected chi connectivity index (χ0v) is 16.2. The number of nitrogens with zero attached hydrogens (tertiary/aromatic N) is 2. The molecule has 1 atom stereocenters. The van der Waals surface area contributed by atoms with Gasteiger partial charge in [0.05, 0.1) is 13.2 Å². The van der Waals surface area contributed by atoms with Crippen LogP contribution in [0.2, 0.25) is 0 Å². The number of hydrogen-bond acceptors (Lipinski definition) is 4. The molecule has 28 heavy (non-hydrogen) atoms.